The molecule has 1 aromatic carbocycles. The summed E-state index contributed by atoms with van der Waals surface area (Å²) >= 11 is 0. The molecule has 2 aromatic rings. The van der Waals surface area contributed by atoms with E-state index >= 15 is 0 Å². The van der Waals surface area contributed by atoms with E-state index in [1.165, 1.54) is 5.57 Å². The molecule has 2 N–H and O–H groups in total. The number of Topliss-reactive ketones (excluding diaryl/α,β-unsaturated/α-hetero) is 1. The van der Waals surface area contributed by atoms with E-state index in [0.717, 1.165) is 41.4 Å². The molecule has 0 fully saturated rings. The smallest absolute Gasteiger partial charge is 0.309 e. The average molecular weight is 496 g/mol. The fourth-order valence-electron chi connectivity index (χ4n) is 4.99. The summed E-state index contributed by atoms with van der Waals surface area (Å²) in [5, 5.41) is 22.7. The van der Waals surface area contributed by atoms with Gasteiger partial charge in [-0.3, -0.25) is 14.6 Å². The summed E-state index contributed by atoms with van der Waals surface area (Å²) in [5.74, 6) is -1.52. The van der Waals surface area contributed by atoms with Gasteiger partial charge in [0.05, 0.1) is 29.6 Å². The maximum atomic E-state index is 13.2. The monoisotopic (exact) mass is 495 g/mol. The Balaban J connectivity index is 1.93. The van der Waals surface area contributed by atoms with Gasteiger partial charge in [-0.05, 0) is 56.7 Å². The predicted molar refractivity (Wildman–Crippen MR) is 141 cm³/mol. The zero-order valence-corrected chi connectivity index (χ0v) is 22.5. The molecule has 36 heavy (non-hydrogen) atoms. The van der Waals surface area contributed by atoms with Crippen LogP contribution in [0.5, 0.6) is 0 Å². The third-order valence-electron chi connectivity index (χ3n) is 7.75. The number of carbonyl (C=O) groups is 2. The SMILES string of the molecule is CC1=CC[C@@H](c2ccc3ccc(C)nc3c2)OC(=O)CC(O)C(C)(C)C(=O)C(C)[C@@H](O)C(C)CCC1. The van der Waals surface area contributed by atoms with E-state index in [9.17, 15) is 19.8 Å². The van der Waals surface area contributed by atoms with Crippen LogP contribution in [0, 0.1) is 24.2 Å². The van der Waals surface area contributed by atoms with Gasteiger partial charge in [-0.1, -0.05) is 57.5 Å². The number of nitrogens with zero attached hydrogens (tertiary/aromatic N) is 1. The van der Waals surface area contributed by atoms with Crippen LogP contribution in [0.1, 0.15) is 84.1 Å². The number of cyclic esters (lactones) is 1. The first-order chi connectivity index (χ1) is 16.9. The van der Waals surface area contributed by atoms with Gasteiger partial charge in [0.2, 0.25) is 0 Å². The highest BCUT2D eigenvalue weighted by Gasteiger charge is 2.42. The van der Waals surface area contributed by atoms with Crippen LogP contribution in [0.2, 0.25) is 0 Å². The standard InChI is InChI=1S/C30H41NO5/c1-18-8-7-9-19(2)28(34)21(4)29(35)30(5,6)26(32)17-27(33)36-25(15-10-18)23-14-13-22-12-11-20(3)31-24(22)16-23/h10-14,16,19,21,25-26,28,32,34H,7-9,15,17H2,1-6H3/t19?,21?,25-,26?,28-/m0/s1. The summed E-state index contributed by atoms with van der Waals surface area (Å²) in [6.45, 7) is 10.9. The Morgan fingerprint density at radius 2 is 1.75 bits per heavy atom. The largest absolute Gasteiger partial charge is 0.457 e. The number of aliphatic hydroxyl groups is 2. The van der Waals surface area contributed by atoms with Crippen LogP contribution in [0.25, 0.3) is 10.9 Å². The van der Waals surface area contributed by atoms with Gasteiger partial charge in [0.1, 0.15) is 11.9 Å². The molecule has 0 bridgehead atoms. The van der Waals surface area contributed by atoms with Gasteiger partial charge in [0, 0.05) is 23.4 Å². The molecule has 0 aliphatic carbocycles. The van der Waals surface area contributed by atoms with Crippen molar-refractivity contribution in [2.24, 2.45) is 17.3 Å². The second-order valence-corrected chi connectivity index (χ2v) is 11.1. The Morgan fingerprint density at radius 1 is 1.06 bits per heavy atom. The number of aliphatic hydroxyl groups excluding tert-OH is 2. The van der Waals surface area contributed by atoms with E-state index in [0.29, 0.717) is 6.42 Å². The van der Waals surface area contributed by atoms with Gasteiger partial charge in [-0.15, -0.1) is 0 Å². The van der Waals surface area contributed by atoms with Crippen molar-refractivity contribution in [3.8, 4) is 0 Å². The van der Waals surface area contributed by atoms with E-state index in [1.54, 1.807) is 20.8 Å². The summed E-state index contributed by atoms with van der Waals surface area (Å²) in [6, 6.07) is 9.87. The lowest BCUT2D eigenvalue weighted by atomic mass is 9.73. The van der Waals surface area contributed by atoms with Crippen molar-refractivity contribution >= 4 is 22.7 Å². The van der Waals surface area contributed by atoms with Crippen molar-refractivity contribution < 1.29 is 24.5 Å². The highest BCUT2D eigenvalue weighted by Crippen LogP contribution is 2.33. The van der Waals surface area contributed by atoms with Crippen LogP contribution in [0.15, 0.2) is 42.0 Å². The first kappa shape index (κ1) is 28.0. The first-order valence-electron chi connectivity index (χ1n) is 13.0. The number of benzene rings is 1. The van der Waals surface area contributed by atoms with Crippen LogP contribution in [-0.4, -0.2) is 39.2 Å². The third kappa shape index (κ3) is 6.60. The van der Waals surface area contributed by atoms with Crippen LogP contribution in [-0.2, 0) is 14.3 Å². The zero-order chi connectivity index (χ0) is 26.6. The number of ketones is 1. The lowest BCUT2D eigenvalue weighted by Crippen LogP contribution is -2.45. The van der Waals surface area contributed by atoms with E-state index in [1.807, 2.05) is 44.2 Å². The zero-order valence-electron chi connectivity index (χ0n) is 22.5. The summed E-state index contributed by atoms with van der Waals surface area (Å²) in [4.78, 5) is 30.8. The maximum Gasteiger partial charge on any atom is 0.309 e. The Kier molecular flexibility index (Phi) is 9.07. The van der Waals surface area contributed by atoms with Crippen LogP contribution >= 0.6 is 0 Å². The number of aryl methyl sites for hydroxylation is 1. The molecule has 5 atom stereocenters. The predicted octanol–water partition coefficient (Wildman–Crippen LogP) is 5.63. The second kappa shape index (κ2) is 11.7. The molecule has 2 heterocycles. The molecule has 0 saturated heterocycles. The molecule has 1 aromatic heterocycles. The highest BCUT2D eigenvalue weighted by molar-refractivity contribution is 5.88. The maximum absolute atomic E-state index is 13.2. The topological polar surface area (TPSA) is 96.7 Å². The Morgan fingerprint density at radius 3 is 2.47 bits per heavy atom. The summed E-state index contributed by atoms with van der Waals surface area (Å²) < 4.78 is 5.90. The molecule has 6 nitrogen and oxygen atoms in total. The number of allylic oxidation sites excluding steroid dienone is 1. The lowest BCUT2D eigenvalue weighted by Gasteiger charge is -2.34. The number of esters is 1. The number of rotatable bonds is 1. The van der Waals surface area contributed by atoms with Crippen molar-refractivity contribution in [3.63, 3.8) is 0 Å². The van der Waals surface area contributed by atoms with Crippen molar-refractivity contribution in [1.29, 1.82) is 0 Å². The van der Waals surface area contributed by atoms with Gasteiger partial charge in [0.25, 0.3) is 0 Å². The van der Waals surface area contributed by atoms with Gasteiger partial charge in [-0.2, -0.15) is 0 Å². The van der Waals surface area contributed by atoms with Gasteiger partial charge in [-0.25, -0.2) is 0 Å². The molecule has 0 radical (unpaired) electrons. The third-order valence-corrected chi connectivity index (χ3v) is 7.75. The van der Waals surface area contributed by atoms with Gasteiger partial charge in [0.15, 0.2) is 0 Å². The number of pyridine rings is 1. The summed E-state index contributed by atoms with van der Waals surface area (Å²) in [5.41, 5.74) is 2.57. The van der Waals surface area contributed by atoms with Crippen molar-refractivity contribution in [2.75, 3.05) is 0 Å². The van der Waals surface area contributed by atoms with Crippen LogP contribution < -0.4 is 0 Å². The van der Waals surface area contributed by atoms with E-state index in [4.69, 9.17) is 4.74 Å². The fraction of sp³-hybridized carbons (Fsp3) is 0.567. The number of fused-ring (bicyclic) bond motifs is 1. The Bertz CT molecular complexity index is 1120. The van der Waals surface area contributed by atoms with Gasteiger partial charge < -0.3 is 14.9 Å². The molecule has 0 saturated carbocycles. The van der Waals surface area contributed by atoms with Crippen molar-refractivity contribution in [2.45, 2.75) is 92.0 Å². The molecule has 196 valence electrons. The minimum absolute atomic E-state index is 0.0520. The Labute approximate surface area is 214 Å². The van der Waals surface area contributed by atoms with Crippen LogP contribution in [0.3, 0.4) is 0 Å². The number of aromatic nitrogens is 1. The highest BCUT2D eigenvalue weighted by atomic mass is 16.5. The molecule has 0 amide bonds. The molecule has 3 rings (SSSR count). The van der Waals surface area contributed by atoms with Crippen LogP contribution in [0.4, 0.5) is 0 Å². The minimum Gasteiger partial charge on any atom is -0.457 e. The molecule has 0 spiro atoms. The minimum atomic E-state index is -1.23. The van der Waals surface area contributed by atoms with Crippen molar-refractivity contribution in [1.82, 2.24) is 4.98 Å². The summed E-state index contributed by atoms with van der Waals surface area (Å²) in [7, 11) is 0. The van der Waals surface area contributed by atoms with E-state index < -0.39 is 35.6 Å². The van der Waals surface area contributed by atoms with Gasteiger partial charge >= 0.3 is 5.97 Å². The molecule has 6 heteroatoms. The fourth-order valence-corrected chi connectivity index (χ4v) is 4.99. The molecular formula is C30H41NO5. The normalized spacial score (nSPS) is 29.0. The number of ether oxygens (including phenoxy) is 1. The lowest BCUT2D eigenvalue weighted by molar-refractivity contribution is -0.155. The summed E-state index contributed by atoms with van der Waals surface area (Å²) in [6.07, 6.45) is 2.28. The van der Waals surface area contributed by atoms with Crippen molar-refractivity contribution in [3.05, 3.63) is 53.2 Å². The second-order valence-electron chi connectivity index (χ2n) is 11.1. The quantitative estimate of drug-likeness (QED) is 0.393. The molecule has 1 aliphatic rings. The first-order valence-corrected chi connectivity index (χ1v) is 13.0. The van der Waals surface area contributed by atoms with E-state index in [2.05, 4.69) is 18.0 Å². The molecular weight excluding hydrogens is 454 g/mol. The number of hydrogen-bond donors (Lipinski definition) is 2. The molecule has 3 unspecified atom stereocenters. The number of hydrogen-bond acceptors (Lipinski definition) is 6. The van der Waals surface area contributed by atoms with E-state index in [-0.39, 0.29) is 18.1 Å². The Hall–Kier alpha value is -2.57. The average Bonchev–Trinajstić information content (AvgIpc) is 2.83. The molecule has 1 aliphatic heterocycles. The number of carbonyl (C=O) groups excluding carboxylic acids is 2.